The predicted octanol–water partition coefficient (Wildman–Crippen LogP) is 4.45. The van der Waals surface area contributed by atoms with E-state index in [0.29, 0.717) is 0 Å². The fourth-order valence-corrected chi connectivity index (χ4v) is 3.58. The maximum atomic E-state index is 4.92. The molecule has 3 nitrogen and oxygen atoms in total. The predicted molar refractivity (Wildman–Crippen MR) is 89.0 cm³/mol. The lowest BCUT2D eigenvalue weighted by Gasteiger charge is -2.07. The molecule has 0 bridgehead atoms. The minimum atomic E-state index is -0.238. The van der Waals surface area contributed by atoms with Gasteiger partial charge in [0.05, 0.1) is 11.2 Å². The Kier molecular flexibility index (Phi) is 4.06. The van der Waals surface area contributed by atoms with Crippen molar-refractivity contribution < 1.29 is 0 Å². The van der Waals surface area contributed by atoms with Crippen molar-refractivity contribution in [3.05, 3.63) is 60.4 Å². The van der Waals surface area contributed by atoms with Crippen molar-refractivity contribution in [3.63, 3.8) is 0 Å². The summed E-state index contributed by atoms with van der Waals surface area (Å²) in [6, 6.07) is 16.3. The van der Waals surface area contributed by atoms with Crippen LogP contribution in [-0.4, -0.2) is 15.7 Å². The number of aromatic nitrogens is 2. The number of aryl methyl sites for hydroxylation is 1. The summed E-state index contributed by atoms with van der Waals surface area (Å²) in [5, 5.41) is 2.17. The van der Waals surface area contributed by atoms with Gasteiger partial charge in [-0.2, -0.15) is 0 Å². The van der Waals surface area contributed by atoms with Crippen LogP contribution in [0, 0.1) is 6.92 Å². The highest BCUT2D eigenvalue weighted by Gasteiger charge is 2.05. The Balaban J connectivity index is 2.13. The standard InChI is InChI=1S/C17H17N3S/c1-3-21(16-11-4-7-13(2)19-16)20-15-10-5-8-14-9-6-12-18-17(14)15/h4-12H,3H2,1-2H3. The molecule has 0 amide bonds. The third-order valence-electron chi connectivity index (χ3n) is 3.20. The van der Waals surface area contributed by atoms with Gasteiger partial charge in [-0.1, -0.05) is 31.2 Å². The van der Waals surface area contributed by atoms with Gasteiger partial charge < -0.3 is 0 Å². The van der Waals surface area contributed by atoms with E-state index < -0.39 is 0 Å². The molecule has 2 aromatic heterocycles. The fraction of sp³-hybridized carbons (Fsp3) is 0.176. The largest absolute Gasteiger partial charge is 0.254 e. The van der Waals surface area contributed by atoms with Gasteiger partial charge in [-0.3, -0.25) is 4.98 Å². The zero-order chi connectivity index (χ0) is 14.7. The van der Waals surface area contributed by atoms with Gasteiger partial charge in [0.2, 0.25) is 0 Å². The van der Waals surface area contributed by atoms with E-state index in [0.717, 1.165) is 33.1 Å². The first kappa shape index (κ1) is 13.9. The highest BCUT2D eigenvalue weighted by atomic mass is 32.2. The zero-order valence-electron chi connectivity index (χ0n) is 12.2. The SMILES string of the molecule is CCS(=Nc1cccc2cccnc12)c1cccc(C)n1. The molecule has 0 radical (unpaired) electrons. The van der Waals surface area contributed by atoms with Crippen LogP contribution in [0.4, 0.5) is 5.69 Å². The summed E-state index contributed by atoms with van der Waals surface area (Å²) in [5.41, 5.74) is 2.94. The third-order valence-corrected chi connectivity index (χ3v) is 4.87. The molecular weight excluding hydrogens is 278 g/mol. The molecule has 0 fully saturated rings. The number of para-hydroxylation sites is 1. The van der Waals surface area contributed by atoms with Crippen molar-refractivity contribution in [2.45, 2.75) is 18.9 Å². The summed E-state index contributed by atoms with van der Waals surface area (Å²) >= 11 is 0. The molecule has 1 atom stereocenters. The highest BCUT2D eigenvalue weighted by Crippen LogP contribution is 2.25. The van der Waals surface area contributed by atoms with Crippen LogP contribution in [0.1, 0.15) is 12.6 Å². The Morgan fingerprint density at radius 3 is 2.67 bits per heavy atom. The second-order valence-corrected chi connectivity index (χ2v) is 6.62. The first-order valence-electron chi connectivity index (χ1n) is 6.98. The number of benzene rings is 1. The topological polar surface area (TPSA) is 38.1 Å². The molecule has 21 heavy (non-hydrogen) atoms. The average molecular weight is 295 g/mol. The summed E-state index contributed by atoms with van der Waals surface area (Å²) in [4.78, 5) is 9.09. The summed E-state index contributed by atoms with van der Waals surface area (Å²) in [7, 11) is -0.238. The van der Waals surface area contributed by atoms with Gasteiger partial charge in [0.1, 0.15) is 5.03 Å². The van der Waals surface area contributed by atoms with Gasteiger partial charge in [0.15, 0.2) is 0 Å². The van der Waals surface area contributed by atoms with E-state index in [9.17, 15) is 0 Å². The number of hydrogen-bond donors (Lipinski definition) is 0. The van der Waals surface area contributed by atoms with E-state index in [4.69, 9.17) is 4.36 Å². The van der Waals surface area contributed by atoms with Crippen LogP contribution >= 0.6 is 0 Å². The lowest BCUT2D eigenvalue weighted by Crippen LogP contribution is -1.98. The van der Waals surface area contributed by atoms with Crippen molar-refractivity contribution in [3.8, 4) is 0 Å². The van der Waals surface area contributed by atoms with Crippen molar-refractivity contribution in [2.75, 3.05) is 5.75 Å². The van der Waals surface area contributed by atoms with E-state index in [1.165, 1.54) is 0 Å². The van der Waals surface area contributed by atoms with Crippen LogP contribution in [-0.2, 0) is 10.7 Å². The molecule has 106 valence electrons. The maximum Gasteiger partial charge on any atom is 0.107 e. The molecule has 4 heteroatoms. The molecule has 0 aliphatic rings. The Bertz CT molecular complexity index is 806. The molecule has 0 spiro atoms. The molecule has 3 rings (SSSR count). The van der Waals surface area contributed by atoms with E-state index in [2.05, 4.69) is 35.1 Å². The zero-order valence-corrected chi connectivity index (χ0v) is 13.0. The fourth-order valence-electron chi connectivity index (χ4n) is 2.19. The number of hydrogen-bond acceptors (Lipinski definition) is 3. The monoisotopic (exact) mass is 295 g/mol. The van der Waals surface area contributed by atoms with Crippen LogP contribution < -0.4 is 0 Å². The molecule has 0 saturated carbocycles. The number of pyridine rings is 2. The molecule has 1 unspecified atom stereocenters. The lowest BCUT2D eigenvalue weighted by molar-refractivity contribution is 1.06. The van der Waals surface area contributed by atoms with Gasteiger partial charge in [0.25, 0.3) is 0 Å². The van der Waals surface area contributed by atoms with E-state index >= 15 is 0 Å². The molecule has 0 saturated heterocycles. The first-order valence-corrected chi connectivity index (χ1v) is 8.33. The van der Waals surface area contributed by atoms with Crippen LogP contribution in [0.15, 0.2) is 64.1 Å². The number of nitrogens with zero attached hydrogens (tertiary/aromatic N) is 3. The average Bonchev–Trinajstić information content (AvgIpc) is 2.52. The van der Waals surface area contributed by atoms with Crippen LogP contribution in [0.3, 0.4) is 0 Å². The van der Waals surface area contributed by atoms with Crippen LogP contribution in [0.2, 0.25) is 0 Å². The Morgan fingerprint density at radius 2 is 1.86 bits per heavy atom. The minimum Gasteiger partial charge on any atom is -0.254 e. The van der Waals surface area contributed by atoms with E-state index in [1.54, 1.807) is 0 Å². The second kappa shape index (κ2) is 6.14. The smallest absolute Gasteiger partial charge is 0.107 e. The maximum absolute atomic E-state index is 4.92. The molecule has 0 N–H and O–H groups in total. The summed E-state index contributed by atoms with van der Waals surface area (Å²) in [5.74, 6) is 0.944. The van der Waals surface area contributed by atoms with Crippen LogP contribution in [0.5, 0.6) is 0 Å². The summed E-state index contributed by atoms with van der Waals surface area (Å²) in [6.07, 6.45) is 1.82. The van der Waals surface area contributed by atoms with Crippen molar-refractivity contribution in [2.24, 2.45) is 4.36 Å². The number of rotatable bonds is 3. The van der Waals surface area contributed by atoms with Crippen molar-refractivity contribution in [1.82, 2.24) is 9.97 Å². The number of fused-ring (bicyclic) bond motifs is 1. The second-order valence-electron chi connectivity index (χ2n) is 4.71. The van der Waals surface area contributed by atoms with Crippen LogP contribution in [0.25, 0.3) is 10.9 Å². The summed E-state index contributed by atoms with van der Waals surface area (Å²) in [6.45, 7) is 4.16. The van der Waals surface area contributed by atoms with E-state index in [-0.39, 0.29) is 10.7 Å². The van der Waals surface area contributed by atoms with Gasteiger partial charge in [-0.05, 0) is 41.9 Å². The Hall–Kier alpha value is -2.07. The highest BCUT2D eigenvalue weighted by molar-refractivity contribution is 7.87. The Labute approximate surface area is 127 Å². The molecule has 3 aromatic rings. The van der Waals surface area contributed by atoms with Gasteiger partial charge >= 0.3 is 0 Å². The van der Waals surface area contributed by atoms with Crippen molar-refractivity contribution >= 4 is 27.3 Å². The van der Waals surface area contributed by atoms with Gasteiger partial charge in [-0.15, -0.1) is 0 Å². The summed E-state index contributed by atoms with van der Waals surface area (Å²) < 4.78 is 4.92. The molecular formula is C17H17N3S. The third kappa shape index (κ3) is 3.00. The Morgan fingerprint density at radius 1 is 1.05 bits per heavy atom. The van der Waals surface area contributed by atoms with E-state index in [1.807, 2.05) is 43.5 Å². The minimum absolute atomic E-state index is 0.238. The van der Waals surface area contributed by atoms with Crippen molar-refractivity contribution in [1.29, 1.82) is 0 Å². The molecule has 2 heterocycles. The lowest BCUT2D eigenvalue weighted by atomic mass is 10.2. The quantitative estimate of drug-likeness (QED) is 0.716. The molecule has 1 aromatic carbocycles. The molecule has 0 aliphatic carbocycles. The van der Waals surface area contributed by atoms with Gasteiger partial charge in [0, 0.05) is 23.0 Å². The first-order chi connectivity index (χ1) is 10.3. The van der Waals surface area contributed by atoms with Gasteiger partial charge in [-0.25, -0.2) is 9.35 Å². The normalized spacial score (nSPS) is 12.7. The molecule has 0 aliphatic heterocycles.